The summed E-state index contributed by atoms with van der Waals surface area (Å²) in [6.45, 7) is 2.17. The smallest absolute Gasteiger partial charge is 0.101 e. The molecule has 0 amide bonds. The van der Waals surface area contributed by atoms with Gasteiger partial charge in [-0.25, -0.2) is 0 Å². The number of benzene rings is 2. The molecule has 2 heteroatoms. The fourth-order valence-electron chi connectivity index (χ4n) is 2.16. The number of unbranched alkanes of at least 4 members (excludes halogenated alkanes) is 1. The van der Waals surface area contributed by atoms with Gasteiger partial charge in [-0.1, -0.05) is 31.5 Å². The number of nitriles is 2. The van der Waals surface area contributed by atoms with Crippen LogP contribution in [0.4, 0.5) is 0 Å². The van der Waals surface area contributed by atoms with Crippen molar-refractivity contribution >= 4 is 10.8 Å². The third-order valence-corrected chi connectivity index (χ3v) is 3.15. The summed E-state index contributed by atoms with van der Waals surface area (Å²) in [6, 6.07) is 13.9. The van der Waals surface area contributed by atoms with Gasteiger partial charge in [-0.05, 0) is 41.3 Å². The molecule has 0 aliphatic rings. The Morgan fingerprint density at radius 1 is 1.06 bits per heavy atom. The number of hydrogen-bond donors (Lipinski definition) is 0. The van der Waals surface area contributed by atoms with Crippen LogP contribution in [0.1, 0.15) is 36.5 Å². The summed E-state index contributed by atoms with van der Waals surface area (Å²) in [4.78, 5) is 0. The monoisotopic (exact) mass is 234 g/mol. The van der Waals surface area contributed by atoms with Gasteiger partial charge in [0.25, 0.3) is 0 Å². The van der Waals surface area contributed by atoms with Crippen molar-refractivity contribution in [1.82, 2.24) is 0 Å². The summed E-state index contributed by atoms with van der Waals surface area (Å²) in [5.41, 5.74) is 2.18. The molecular weight excluding hydrogens is 220 g/mol. The highest BCUT2D eigenvalue weighted by Crippen LogP contribution is 2.24. The standard InChI is InChI=1S/C16H14N2/c1-2-3-5-12-6-4-7-13-8-14(10-17)15(11-18)9-16(12)13/h4,6-9H,2-3,5H2,1H3. The zero-order chi connectivity index (χ0) is 13.0. The molecule has 0 unspecified atom stereocenters. The normalized spacial score (nSPS) is 9.94. The molecule has 2 rings (SSSR count). The molecule has 18 heavy (non-hydrogen) atoms. The van der Waals surface area contributed by atoms with Gasteiger partial charge in [-0.3, -0.25) is 0 Å². The first kappa shape index (κ1) is 12.1. The molecule has 0 atom stereocenters. The van der Waals surface area contributed by atoms with Gasteiger partial charge in [0, 0.05) is 0 Å². The van der Waals surface area contributed by atoms with Crippen molar-refractivity contribution in [2.24, 2.45) is 0 Å². The average molecular weight is 234 g/mol. The predicted molar refractivity (Wildman–Crippen MR) is 72.0 cm³/mol. The highest BCUT2D eigenvalue weighted by atomic mass is 14.3. The molecule has 0 bridgehead atoms. The largest absolute Gasteiger partial charge is 0.192 e. The lowest BCUT2D eigenvalue weighted by molar-refractivity contribution is 0.799. The zero-order valence-corrected chi connectivity index (χ0v) is 10.4. The fraction of sp³-hybridized carbons (Fsp3) is 0.250. The second-order valence-corrected chi connectivity index (χ2v) is 4.36. The fourth-order valence-corrected chi connectivity index (χ4v) is 2.16. The van der Waals surface area contributed by atoms with Gasteiger partial charge in [-0.2, -0.15) is 10.5 Å². The first-order valence-corrected chi connectivity index (χ1v) is 6.16. The van der Waals surface area contributed by atoms with Crippen LogP contribution < -0.4 is 0 Å². The summed E-state index contributed by atoms with van der Waals surface area (Å²) >= 11 is 0. The van der Waals surface area contributed by atoms with Crippen LogP contribution in [0.2, 0.25) is 0 Å². The summed E-state index contributed by atoms with van der Waals surface area (Å²) in [7, 11) is 0. The van der Waals surface area contributed by atoms with Gasteiger partial charge < -0.3 is 0 Å². The number of aryl methyl sites for hydroxylation is 1. The maximum absolute atomic E-state index is 9.07. The van der Waals surface area contributed by atoms with Crippen LogP contribution >= 0.6 is 0 Å². The lowest BCUT2D eigenvalue weighted by atomic mass is 9.96. The first-order chi connectivity index (χ1) is 8.80. The quantitative estimate of drug-likeness (QED) is 0.807. The Labute approximate surface area is 107 Å². The van der Waals surface area contributed by atoms with Crippen LogP contribution in [0.25, 0.3) is 10.8 Å². The third kappa shape index (κ3) is 2.19. The number of fused-ring (bicyclic) bond motifs is 1. The molecule has 0 aliphatic heterocycles. The molecule has 2 aromatic rings. The van der Waals surface area contributed by atoms with E-state index in [-0.39, 0.29) is 0 Å². The van der Waals surface area contributed by atoms with Crippen molar-refractivity contribution in [2.45, 2.75) is 26.2 Å². The van der Waals surface area contributed by atoms with E-state index in [4.69, 9.17) is 10.5 Å². The van der Waals surface area contributed by atoms with Crippen LogP contribution in [-0.2, 0) is 6.42 Å². The Hall–Kier alpha value is -2.32. The van der Waals surface area contributed by atoms with Crippen LogP contribution in [0.3, 0.4) is 0 Å². The van der Waals surface area contributed by atoms with Crippen molar-refractivity contribution in [3.8, 4) is 12.1 Å². The molecule has 88 valence electrons. The van der Waals surface area contributed by atoms with Crippen LogP contribution in [0, 0.1) is 22.7 Å². The second kappa shape index (κ2) is 5.34. The highest BCUT2D eigenvalue weighted by Gasteiger charge is 2.07. The van der Waals surface area contributed by atoms with Crippen molar-refractivity contribution in [3.05, 3.63) is 47.0 Å². The van der Waals surface area contributed by atoms with E-state index in [1.54, 1.807) is 0 Å². The lowest BCUT2D eigenvalue weighted by Gasteiger charge is -2.07. The SMILES string of the molecule is CCCCc1cccc2cc(C#N)c(C#N)cc12. The summed E-state index contributed by atoms with van der Waals surface area (Å²) in [5.74, 6) is 0. The van der Waals surface area contributed by atoms with E-state index in [9.17, 15) is 0 Å². The molecule has 2 aromatic carbocycles. The van der Waals surface area contributed by atoms with E-state index in [0.717, 1.165) is 30.0 Å². The van der Waals surface area contributed by atoms with Gasteiger partial charge in [-0.15, -0.1) is 0 Å². The summed E-state index contributed by atoms with van der Waals surface area (Å²) in [6.07, 6.45) is 3.31. The van der Waals surface area contributed by atoms with Gasteiger partial charge in [0.05, 0.1) is 11.1 Å². The molecule has 0 spiro atoms. The Bertz CT molecular complexity index is 657. The Kier molecular flexibility index (Phi) is 3.60. The third-order valence-electron chi connectivity index (χ3n) is 3.15. The molecule has 0 fully saturated rings. The Morgan fingerprint density at radius 2 is 1.78 bits per heavy atom. The molecular formula is C16H14N2. The van der Waals surface area contributed by atoms with E-state index in [0.29, 0.717) is 11.1 Å². The topological polar surface area (TPSA) is 47.6 Å². The molecule has 0 N–H and O–H groups in total. The van der Waals surface area contributed by atoms with Gasteiger partial charge in [0.2, 0.25) is 0 Å². The van der Waals surface area contributed by atoms with Crippen molar-refractivity contribution in [2.75, 3.05) is 0 Å². The van der Waals surface area contributed by atoms with Crippen LogP contribution in [0.15, 0.2) is 30.3 Å². The van der Waals surface area contributed by atoms with Crippen molar-refractivity contribution in [1.29, 1.82) is 10.5 Å². The lowest BCUT2D eigenvalue weighted by Crippen LogP contribution is -1.90. The molecule has 0 aliphatic carbocycles. The van der Waals surface area contributed by atoms with Gasteiger partial charge >= 0.3 is 0 Å². The maximum atomic E-state index is 9.07. The van der Waals surface area contributed by atoms with E-state index in [1.807, 2.05) is 24.3 Å². The first-order valence-electron chi connectivity index (χ1n) is 6.16. The minimum absolute atomic E-state index is 0.456. The Balaban J connectivity index is 2.63. The predicted octanol–water partition coefficient (Wildman–Crippen LogP) is 3.93. The Morgan fingerprint density at radius 3 is 2.44 bits per heavy atom. The van der Waals surface area contributed by atoms with E-state index >= 15 is 0 Å². The minimum Gasteiger partial charge on any atom is -0.192 e. The number of nitrogens with zero attached hydrogens (tertiary/aromatic N) is 2. The van der Waals surface area contributed by atoms with Crippen molar-refractivity contribution < 1.29 is 0 Å². The summed E-state index contributed by atoms with van der Waals surface area (Å²) in [5, 5.41) is 20.2. The molecule has 0 saturated carbocycles. The zero-order valence-electron chi connectivity index (χ0n) is 10.4. The second-order valence-electron chi connectivity index (χ2n) is 4.36. The van der Waals surface area contributed by atoms with E-state index in [1.165, 1.54) is 5.56 Å². The molecule has 0 saturated heterocycles. The molecule has 2 nitrogen and oxygen atoms in total. The molecule has 0 aromatic heterocycles. The average Bonchev–Trinajstić information content (AvgIpc) is 2.43. The van der Waals surface area contributed by atoms with Gasteiger partial charge in [0.1, 0.15) is 12.1 Å². The highest BCUT2D eigenvalue weighted by molar-refractivity contribution is 5.88. The number of rotatable bonds is 3. The van der Waals surface area contributed by atoms with E-state index in [2.05, 4.69) is 25.1 Å². The van der Waals surface area contributed by atoms with E-state index < -0.39 is 0 Å². The number of hydrogen-bond acceptors (Lipinski definition) is 2. The molecule has 0 radical (unpaired) electrons. The van der Waals surface area contributed by atoms with Crippen LogP contribution in [0.5, 0.6) is 0 Å². The maximum Gasteiger partial charge on any atom is 0.101 e. The van der Waals surface area contributed by atoms with Crippen molar-refractivity contribution in [3.63, 3.8) is 0 Å². The van der Waals surface area contributed by atoms with Gasteiger partial charge in [0.15, 0.2) is 0 Å². The summed E-state index contributed by atoms with van der Waals surface area (Å²) < 4.78 is 0. The molecule has 0 heterocycles. The minimum atomic E-state index is 0.456. The van der Waals surface area contributed by atoms with Crippen LogP contribution in [-0.4, -0.2) is 0 Å².